The Labute approximate surface area is 108 Å². The third-order valence-electron chi connectivity index (χ3n) is 2.88. The topological polar surface area (TPSA) is 37.8 Å². The van der Waals surface area contributed by atoms with Gasteiger partial charge in [0.2, 0.25) is 0 Å². The van der Waals surface area contributed by atoms with E-state index in [1.807, 2.05) is 13.0 Å². The first-order valence-electron chi connectivity index (χ1n) is 6.27. The fourth-order valence-electron chi connectivity index (χ4n) is 1.78. The third kappa shape index (κ3) is 3.29. The van der Waals surface area contributed by atoms with Gasteiger partial charge in [0.25, 0.3) is 0 Å². The van der Waals surface area contributed by atoms with Crippen LogP contribution in [0.5, 0.6) is 0 Å². The Hall–Kier alpha value is -1.90. The molecular weight excluding hydrogens is 222 g/mol. The molecule has 1 N–H and O–H groups in total. The lowest BCUT2D eigenvalue weighted by molar-refractivity contribution is 0.866. The molecular formula is C15H19N3. The van der Waals surface area contributed by atoms with Crippen molar-refractivity contribution in [1.82, 2.24) is 9.97 Å². The highest BCUT2D eigenvalue weighted by atomic mass is 14.9. The zero-order valence-electron chi connectivity index (χ0n) is 11.1. The SMILES string of the molecule is Cc1nccc(CNc2ccc(C(C)C)cc2)n1. The van der Waals surface area contributed by atoms with Gasteiger partial charge >= 0.3 is 0 Å². The molecule has 0 aliphatic rings. The highest BCUT2D eigenvalue weighted by molar-refractivity contribution is 5.45. The lowest BCUT2D eigenvalue weighted by Crippen LogP contribution is -2.03. The summed E-state index contributed by atoms with van der Waals surface area (Å²) in [6.45, 7) is 7.03. The molecule has 0 fully saturated rings. The molecule has 0 aliphatic heterocycles. The van der Waals surface area contributed by atoms with Crippen LogP contribution in [0.1, 0.15) is 36.8 Å². The molecule has 0 bridgehead atoms. The van der Waals surface area contributed by atoms with Crippen molar-refractivity contribution in [3.05, 3.63) is 53.6 Å². The Morgan fingerprint density at radius 2 is 1.83 bits per heavy atom. The maximum Gasteiger partial charge on any atom is 0.125 e. The fourth-order valence-corrected chi connectivity index (χ4v) is 1.78. The van der Waals surface area contributed by atoms with E-state index in [1.54, 1.807) is 6.20 Å². The van der Waals surface area contributed by atoms with Crippen molar-refractivity contribution in [3.63, 3.8) is 0 Å². The molecule has 2 rings (SSSR count). The minimum Gasteiger partial charge on any atom is -0.379 e. The van der Waals surface area contributed by atoms with Crippen molar-refractivity contribution in [2.45, 2.75) is 33.2 Å². The van der Waals surface area contributed by atoms with E-state index in [-0.39, 0.29) is 0 Å². The highest BCUT2D eigenvalue weighted by Crippen LogP contribution is 2.17. The molecule has 0 saturated carbocycles. The van der Waals surface area contributed by atoms with E-state index < -0.39 is 0 Å². The van der Waals surface area contributed by atoms with Gasteiger partial charge in [-0.2, -0.15) is 0 Å². The van der Waals surface area contributed by atoms with E-state index in [9.17, 15) is 0 Å². The minimum absolute atomic E-state index is 0.573. The first-order chi connectivity index (χ1) is 8.65. The van der Waals surface area contributed by atoms with E-state index in [0.717, 1.165) is 23.8 Å². The third-order valence-corrected chi connectivity index (χ3v) is 2.88. The number of hydrogen-bond donors (Lipinski definition) is 1. The average Bonchev–Trinajstić information content (AvgIpc) is 2.37. The van der Waals surface area contributed by atoms with Crippen molar-refractivity contribution < 1.29 is 0 Å². The van der Waals surface area contributed by atoms with E-state index in [4.69, 9.17) is 0 Å². The van der Waals surface area contributed by atoms with Crippen LogP contribution < -0.4 is 5.32 Å². The van der Waals surface area contributed by atoms with E-state index in [0.29, 0.717) is 5.92 Å². The molecule has 3 nitrogen and oxygen atoms in total. The number of nitrogens with one attached hydrogen (secondary N) is 1. The quantitative estimate of drug-likeness (QED) is 0.890. The largest absolute Gasteiger partial charge is 0.379 e. The Bertz CT molecular complexity index is 503. The van der Waals surface area contributed by atoms with Crippen molar-refractivity contribution in [3.8, 4) is 0 Å². The van der Waals surface area contributed by atoms with Crippen molar-refractivity contribution >= 4 is 5.69 Å². The smallest absolute Gasteiger partial charge is 0.125 e. The van der Waals surface area contributed by atoms with Gasteiger partial charge in [-0.15, -0.1) is 0 Å². The van der Waals surface area contributed by atoms with Crippen molar-refractivity contribution in [1.29, 1.82) is 0 Å². The Kier molecular flexibility index (Phi) is 3.92. The highest BCUT2D eigenvalue weighted by Gasteiger charge is 1.99. The van der Waals surface area contributed by atoms with Crippen molar-refractivity contribution in [2.24, 2.45) is 0 Å². The molecule has 1 aromatic heterocycles. The molecule has 0 radical (unpaired) electrons. The Balaban J connectivity index is 1.98. The molecule has 94 valence electrons. The molecule has 3 heteroatoms. The Morgan fingerprint density at radius 1 is 1.11 bits per heavy atom. The summed E-state index contributed by atoms with van der Waals surface area (Å²) >= 11 is 0. The number of aromatic nitrogens is 2. The van der Waals surface area contributed by atoms with Crippen LogP contribution in [0.15, 0.2) is 36.5 Å². The predicted molar refractivity (Wildman–Crippen MR) is 74.6 cm³/mol. The van der Waals surface area contributed by atoms with Gasteiger partial charge in [-0.25, -0.2) is 9.97 Å². The summed E-state index contributed by atoms with van der Waals surface area (Å²) in [6.07, 6.45) is 1.79. The van der Waals surface area contributed by atoms with Gasteiger partial charge in [-0.05, 0) is 36.6 Å². The van der Waals surface area contributed by atoms with Gasteiger partial charge in [0, 0.05) is 11.9 Å². The second kappa shape index (κ2) is 5.63. The molecule has 1 heterocycles. The van der Waals surface area contributed by atoms with Crippen LogP contribution in [0, 0.1) is 6.92 Å². The number of nitrogens with zero attached hydrogens (tertiary/aromatic N) is 2. The summed E-state index contributed by atoms with van der Waals surface area (Å²) in [6, 6.07) is 10.5. The van der Waals surface area contributed by atoms with Gasteiger partial charge in [0.15, 0.2) is 0 Å². The summed E-state index contributed by atoms with van der Waals surface area (Å²) in [5, 5.41) is 3.36. The number of anilines is 1. The first-order valence-corrected chi connectivity index (χ1v) is 6.27. The van der Waals surface area contributed by atoms with Gasteiger partial charge in [0.1, 0.15) is 5.82 Å². The summed E-state index contributed by atoms with van der Waals surface area (Å²) in [7, 11) is 0. The van der Waals surface area contributed by atoms with Crippen molar-refractivity contribution in [2.75, 3.05) is 5.32 Å². The van der Waals surface area contributed by atoms with Gasteiger partial charge in [0.05, 0.1) is 12.2 Å². The molecule has 0 saturated heterocycles. The number of benzene rings is 1. The minimum atomic E-state index is 0.573. The zero-order chi connectivity index (χ0) is 13.0. The van der Waals surface area contributed by atoms with Crippen LogP contribution in [0.4, 0.5) is 5.69 Å². The molecule has 0 aliphatic carbocycles. The maximum absolute atomic E-state index is 4.36. The predicted octanol–water partition coefficient (Wildman–Crippen LogP) is 3.52. The number of hydrogen-bond acceptors (Lipinski definition) is 3. The standard InChI is InChI=1S/C15H19N3/c1-11(2)13-4-6-14(7-5-13)17-10-15-8-9-16-12(3)18-15/h4-9,11,17H,10H2,1-3H3. The molecule has 0 spiro atoms. The fraction of sp³-hybridized carbons (Fsp3) is 0.333. The number of aryl methyl sites for hydroxylation is 1. The average molecular weight is 241 g/mol. The van der Waals surface area contributed by atoms with Crippen LogP contribution in [0.25, 0.3) is 0 Å². The van der Waals surface area contributed by atoms with E-state index in [1.165, 1.54) is 5.56 Å². The molecule has 18 heavy (non-hydrogen) atoms. The summed E-state index contributed by atoms with van der Waals surface area (Å²) in [5.41, 5.74) is 3.49. The first kappa shape index (κ1) is 12.6. The van der Waals surface area contributed by atoms with E-state index >= 15 is 0 Å². The molecule has 0 atom stereocenters. The molecule has 1 aromatic carbocycles. The zero-order valence-corrected chi connectivity index (χ0v) is 11.1. The molecule has 0 amide bonds. The summed E-state index contributed by atoms with van der Waals surface area (Å²) in [5.74, 6) is 1.38. The number of rotatable bonds is 4. The summed E-state index contributed by atoms with van der Waals surface area (Å²) in [4.78, 5) is 8.45. The lowest BCUT2D eigenvalue weighted by atomic mass is 10.0. The van der Waals surface area contributed by atoms with Gasteiger partial charge in [-0.3, -0.25) is 0 Å². The monoisotopic (exact) mass is 241 g/mol. The second-order valence-electron chi connectivity index (χ2n) is 4.73. The Morgan fingerprint density at radius 3 is 2.44 bits per heavy atom. The van der Waals surface area contributed by atoms with Crippen LogP contribution in [-0.4, -0.2) is 9.97 Å². The molecule has 0 unspecified atom stereocenters. The van der Waals surface area contributed by atoms with Crippen LogP contribution >= 0.6 is 0 Å². The maximum atomic E-state index is 4.36. The molecule has 2 aromatic rings. The normalized spacial score (nSPS) is 10.7. The van der Waals surface area contributed by atoms with Gasteiger partial charge < -0.3 is 5.32 Å². The van der Waals surface area contributed by atoms with Crippen LogP contribution in [-0.2, 0) is 6.54 Å². The second-order valence-corrected chi connectivity index (χ2v) is 4.73. The van der Waals surface area contributed by atoms with Crippen LogP contribution in [0.3, 0.4) is 0 Å². The summed E-state index contributed by atoms with van der Waals surface area (Å²) < 4.78 is 0. The van der Waals surface area contributed by atoms with Gasteiger partial charge in [-0.1, -0.05) is 26.0 Å². The van der Waals surface area contributed by atoms with E-state index in [2.05, 4.69) is 53.4 Å². The van der Waals surface area contributed by atoms with Crippen LogP contribution in [0.2, 0.25) is 0 Å². The lowest BCUT2D eigenvalue weighted by Gasteiger charge is -2.09.